The molecule has 102 valence electrons. The average molecular weight is 263 g/mol. The Labute approximate surface area is 111 Å². The molecule has 2 rings (SSSR count). The molecule has 0 saturated carbocycles. The third kappa shape index (κ3) is 3.23. The van der Waals surface area contributed by atoms with Crippen LogP contribution in [0.5, 0.6) is 0 Å². The molecule has 1 aliphatic heterocycles. The first-order chi connectivity index (χ1) is 9.08. The fourth-order valence-electron chi connectivity index (χ4n) is 1.83. The predicted molar refractivity (Wildman–Crippen MR) is 71.7 cm³/mol. The molecule has 0 aromatic heterocycles. The van der Waals surface area contributed by atoms with E-state index in [1.54, 1.807) is 31.3 Å². The number of hydrogen-bond donors (Lipinski definition) is 1. The topological polar surface area (TPSA) is 75.9 Å². The van der Waals surface area contributed by atoms with Crippen molar-refractivity contribution in [3.8, 4) is 0 Å². The lowest BCUT2D eigenvalue weighted by molar-refractivity contribution is -0.145. The van der Waals surface area contributed by atoms with E-state index in [1.807, 2.05) is 0 Å². The van der Waals surface area contributed by atoms with Crippen molar-refractivity contribution in [1.82, 2.24) is 4.90 Å². The molecule has 2 N–H and O–H groups in total. The van der Waals surface area contributed by atoms with E-state index >= 15 is 0 Å². The Morgan fingerprint density at radius 2 is 2.11 bits per heavy atom. The van der Waals surface area contributed by atoms with E-state index in [1.165, 1.54) is 9.80 Å². The van der Waals surface area contributed by atoms with Crippen molar-refractivity contribution in [1.29, 1.82) is 0 Å². The van der Waals surface area contributed by atoms with E-state index in [2.05, 4.69) is 0 Å². The Balaban J connectivity index is 1.99. The normalized spacial score (nSPS) is 15.4. The van der Waals surface area contributed by atoms with Crippen LogP contribution in [0.15, 0.2) is 24.3 Å². The Kier molecular flexibility index (Phi) is 4.01. The standard InChI is InChI=1S/C13H17N3O3/c1-15(11-4-2-10(14)3-5-11)12(17)8-16-6-7-19-9-13(16)18/h2-5H,6-9,14H2,1H3. The third-order valence-electron chi connectivity index (χ3n) is 3.06. The van der Waals surface area contributed by atoms with Crippen molar-refractivity contribution < 1.29 is 14.3 Å². The van der Waals surface area contributed by atoms with E-state index in [0.29, 0.717) is 18.8 Å². The summed E-state index contributed by atoms with van der Waals surface area (Å²) in [6, 6.07) is 7.01. The first kappa shape index (κ1) is 13.4. The van der Waals surface area contributed by atoms with E-state index in [0.717, 1.165) is 5.69 Å². The Hall–Kier alpha value is -2.08. The summed E-state index contributed by atoms with van der Waals surface area (Å²) in [5, 5.41) is 0. The molecule has 1 heterocycles. The molecule has 2 amide bonds. The number of nitrogen functional groups attached to an aromatic ring is 1. The molecule has 0 unspecified atom stereocenters. The zero-order chi connectivity index (χ0) is 13.8. The monoisotopic (exact) mass is 263 g/mol. The highest BCUT2D eigenvalue weighted by atomic mass is 16.5. The SMILES string of the molecule is CN(C(=O)CN1CCOCC1=O)c1ccc(N)cc1. The fourth-order valence-corrected chi connectivity index (χ4v) is 1.83. The summed E-state index contributed by atoms with van der Waals surface area (Å²) in [4.78, 5) is 26.7. The van der Waals surface area contributed by atoms with Gasteiger partial charge in [0.05, 0.1) is 6.61 Å². The van der Waals surface area contributed by atoms with Crippen molar-refractivity contribution in [2.45, 2.75) is 0 Å². The highest BCUT2D eigenvalue weighted by molar-refractivity contribution is 5.96. The Bertz CT molecular complexity index is 473. The van der Waals surface area contributed by atoms with Gasteiger partial charge in [-0.2, -0.15) is 0 Å². The van der Waals surface area contributed by atoms with Crippen molar-refractivity contribution in [3.05, 3.63) is 24.3 Å². The van der Waals surface area contributed by atoms with Crippen LogP contribution in [0.4, 0.5) is 11.4 Å². The lowest BCUT2D eigenvalue weighted by Crippen LogP contribution is -2.47. The van der Waals surface area contributed by atoms with Gasteiger partial charge in [-0.1, -0.05) is 0 Å². The van der Waals surface area contributed by atoms with Gasteiger partial charge in [-0.25, -0.2) is 0 Å². The van der Waals surface area contributed by atoms with Crippen molar-refractivity contribution in [3.63, 3.8) is 0 Å². The van der Waals surface area contributed by atoms with Crippen LogP contribution in [0.25, 0.3) is 0 Å². The van der Waals surface area contributed by atoms with Crippen LogP contribution in [0.2, 0.25) is 0 Å². The van der Waals surface area contributed by atoms with E-state index in [-0.39, 0.29) is 25.0 Å². The number of amides is 2. The summed E-state index contributed by atoms with van der Waals surface area (Å²) in [6.45, 7) is 1.06. The minimum Gasteiger partial charge on any atom is -0.399 e. The van der Waals surface area contributed by atoms with Gasteiger partial charge in [0.25, 0.3) is 0 Å². The van der Waals surface area contributed by atoms with E-state index < -0.39 is 0 Å². The summed E-state index contributed by atoms with van der Waals surface area (Å²) in [5.74, 6) is -0.287. The molecule has 1 aromatic rings. The summed E-state index contributed by atoms with van der Waals surface area (Å²) < 4.78 is 5.02. The number of nitrogens with zero attached hydrogens (tertiary/aromatic N) is 2. The number of likely N-dealkylation sites (N-methyl/N-ethyl adjacent to an activating group) is 1. The molecule has 1 saturated heterocycles. The van der Waals surface area contributed by atoms with Crippen LogP contribution >= 0.6 is 0 Å². The van der Waals surface area contributed by atoms with Gasteiger partial charge in [0, 0.05) is 25.0 Å². The Morgan fingerprint density at radius 3 is 2.74 bits per heavy atom. The van der Waals surface area contributed by atoms with Crippen molar-refractivity contribution in [2.24, 2.45) is 0 Å². The predicted octanol–water partition coefficient (Wildman–Crippen LogP) is 0.0904. The number of benzene rings is 1. The number of morpholine rings is 1. The molecule has 1 fully saturated rings. The smallest absolute Gasteiger partial charge is 0.249 e. The second-order valence-corrected chi connectivity index (χ2v) is 4.41. The lowest BCUT2D eigenvalue weighted by atomic mass is 10.2. The van der Waals surface area contributed by atoms with Gasteiger partial charge < -0.3 is 20.3 Å². The first-order valence-corrected chi connectivity index (χ1v) is 6.05. The molecule has 1 aromatic carbocycles. The van der Waals surface area contributed by atoms with Gasteiger partial charge in [0.1, 0.15) is 13.2 Å². The van der Waals surface area contributed by atoms with Crippen LogP contribution in [0.1, 0.15) is 0 Å². The van der Waals surface area contributed by atoms with Crippen molar-refractivity contribution >= 4 is 23.2 Å². The first-order valence-electron chi connectivity index (χ1n) is 6.05. The molecule has 0 atom stereocenters. The number of anilines is 2. The van der Waals surface area contributed by atoms with Crippen LogP contribution in [-0.4, -0.2) is 50.1 Å². The molecular formula is C13H17N3O3. The van der Waals surface area contributed by atoms with Crippen LogP contribution in [-0.2, 0) is 14.3 Å². The maximum atomic E-state index is 12.1. The molecule has 1 aliphatic rings. The van der Waals surface area contributed by atoms with Gasteiger partial charge in [-0.3, -0.25) is 9.59 Å². The summed E-state index contributed by atoms with van der Waals surface area (Å²) in [5.41, 5.74) is 7.00. The third-order valence-corrected chi connectivity index (χ3v) is 3.06. The summed E-state index contributed by atoms with van der Waals surface area (Å²) in [7, 11) is 1.68. The molecule has 6 nitrogen and oxygen atoms in total. The van der Waals surface area contributed by atoms with Crippen LogP contribution in [0, 0.1) is 0 Å². The Morgan fingerprint density at radius 1 is 1.42 bits per heavy atom. The number of carbonyl (C=O) groups excluding carboxylic acids is 2. The van der Waals surface area contributed by atoms with Crippen LogP contribution < -0.4 is 10.6 Å². The molecule has 0 bridgehead atoms. The molecule has 6 heteroatoms. The van der Waals surface area contributed by atoms with E-state index in [4.69, 9.17) is 10.5 Å². The quantitative estimate of drug-likeness (QED) is 0.784. The van der Waals surface area contributed by atoms with Gasteiger partial charge in [-0.15, -0.1) is 0 Å². The zero-order valence-electron chi connectivity index (χ0n) is 10.8. The van der Waals surface area contributed by atoms with Crippen molar-refractivity contribution in [2.75, 3.05) is 44.0 Å². The second kappa shape index (κ2) is 5.71. The molecule has 0 spiro atoms. The molecule has 19 heavy (non-hydrogen) atoms. The van der Waals surface area contributed by atoms with Gasteiger partial charge in [0.2, 0.25) is 11.8 Å². The van der Waals surface area contributed by atoms with Gasteiger partial charge in [-0.05, 0) is 24.3 Å². The van der Waals surface area contributed by atoms with E-state index in [9.17, 15) is 9.59 Å². The summed E-state index contributed by atoms with van der Waals surface area (Å²) >= 11 is 0. The van der Waals surface area contributed by atoms with Crippen LogP contribution in [0.3, 0.4) is 0 Å². The lowest BCUT2D eigenvalue weighted by Gasteiger charge is -2.28. The highest BCUT2D eigenvalue weighted by Gasteiger charge is 2.22. The molecule has 0 aliphatic carbocycles. The number of ether oxygens (including phenoxy) is 1. The largest absolute Gasteiger partial charge is 0.399 e. The fraction of sp³-hybridized carbons (Fsp3) is 0.385. The minimum atomic E-state index is -0.148. The number of hydrogen-bond acceptors (Lipinski definition) is 4. The number of nitrogens with two attached hydrogens (primary N) is 1. The second-order valence-electron chi connectivity index (χ2n) is 4.41. The maximum absolute atomic E-state index is 12.1. The maximum Gasteiger partial charge on any atom is 0.249 e. The molecule has 0 radical (unpaired) electrons. The van der Waals surface area contributed by atoms with Gasteiger partial charge >= 0.3 is 0 Å². The highest BCUT2D eigenvalue weighted by Crippen LogP contribution is 2.15. The van der Waals surface area contributed by atoms with Gasteiger partial charge in [0.15, 0.2) is 0 Å². The number of rotatable bonds is 3. The zero-order valence-corrected chi connectivity index (χ0v) is 10.8. The number of carbonyl (C=O) groups is 2. The summed E-state index contributed by atoms with van der Waals surface area (Å²) in [6.07, 6.45) is 0. The minimum absolute atomic E-state index is 0.0544. The average Bonchev–Trinajstić information content (AvgIpc) is 2.41. The molecular weight excluding hydrogens is 246 g/mol.